The summed E-state index contributed by atoms with van der Waals surface area (Å²) in [7, 11) is 3.63. The zero-order chi connectivity index (χ0) is 13.1. The molecule has 0 spiro atoms. The SMILES string of the molecule is COc1ccc(Br)cc1C(CN)c1nccn1C. The number of hydrogen-bond donors (Lipinski definition) is 1. The van der Waals surface area contributed by atoms with Gasteiger partial charge in [-0.05, 0) is 18.2 Å². The van der Waals surface area contributed by atoms with Crippen LogP contribution in [0.5, 0.6) is 5.75 Å². The number of rotatable bonds is 4. The van der Waals surface area contributed by atoms with Crippen LogP contribution < -0.4 is 10.5 Å². The molecule has 0 aliphatic rings. The average Bonchev–Trinajstić information content (AvgIpc) is 2.77. The summed E-state index contributed by atoms with van der Waals surface area (Å²) >= 11 is 3.48. The molecule has 0 aliphatic carbocycles. The number of methoxy groups -OCH3 is 1. The Balaban J connectivity index is 2.51. The molecule has 1 heterocycles. The monoisotopic (exact) mass is 309 g/mol. The molecule has 0 saturated carbocycles. The molecule has 2 aromatic rings. The van der Waals surface area contributed by atoms with Crippen LogP contribution in [-0.4, -0.2) is 23.2 Å². The van der Waals surface area contributed by atoms with E-state index in [4.69, 9.17) is 10.5 Å². The van der Waals surface area contributed by atoms with Crippen LogP contribution in [0.25, 0.3) is 0 Å². The van der Waals surface area contributed by atoms with Gasteiger partial charge >= 0.3 is 0 Å². The molecule has 0 radical (unpaired) electrons. The van der Waals surface area contributed by atoms with Gasteiger partial charge in [0, 0.05) is 36.0 Å². The van der Waals surface area contributed by atoms with Gasteiger partial charge in [0.1, 0.15) is 11.6 Å². The first-order valence-electron chi connectivity index (χ1n) is 5.68. The van der Waals surface area contributed by atoms with Crippen LogP contribution >= 0.6 is 15.9 Å². The lowest BCUT2D eigenvalue weighted by Crippen LogP contribution is -2.18. The van der Waals surface area contributed by atoms with Crippen molar-refractivity contribution in [2.24, 2.45) is 12.8 Å². The second kappa shape index (κ2) is 5.54. The first-order valence-corrected chi connectivity index (χ1v) is 6.47. The van der Waals surface area contributed by atoms with E-state index in [2.05, 4.69) is 20.9 Å². The average molecular weight is 310 g/mol. The fraction of sp³-hybridized carbons (Fsp3) is 0.308. The van der Waals surface area contributed by atoms with Crippen molar-refractivity contribution in [2.45, 2.75) is 5.92 Å². The zero-order valence-corrected chi connectivity index (χ0v) is 12.0. The second-order valence-corrected chi connectivity index (χ2v) is 4.99. The molecule has 1 aromatic carbocycles. The van der Waals surface area contributed by atoms with E-state index in [0.29, 0.717) is 6.54 Å². The summed E-state index contributed by atoms with van der Waals surface area (Å²) in [5.41, 5.74) is 6.96. The lowest BCUT2D eigenvalue weighted by molar-refractivity contribution is 0.406. The number of hydrogen-bond acceptors (Lipinski definition) is 3. The van der Waals surface area contributed by atoms with Crippen LogP contribution in [-0.2, 0) is 7.05 Å². The third kappa shape index (κ3) is 2.42. The Morgan fingerprint density at radius 2 is 2.28 bits per heavy atom. The van der Waals surface area contributed by atoms with Crippen LogP contribution in [0.4, 0.5) is 0 Å². The number of nitrogens with two attached hydrogens (primary N) is 1. The smallest absolute Gasteiger partial charge is 0.122 e. The third-order valence-corrected chi connectivity index (χ3v) is 3.47. The van der Waals surface area contributed by atoms with Crippen molar-refractivity contribution in [2.75, 3.05) is 13.7 Å². The minimum absolute atomic E-state index is 0.0254. The number of halogens is 1. The lowest BCUT2D eigenvalue weighted by Gasteiger charge is -2.18. The maximum absolute atomic E-state index is 5.91. The van der Waals surface area contributed by atoms with Gasteiger partial charge in [-0.15, -0.1) is 0 Å². The number of aromatic nitrogens is 2. The quantitative estimate of drug-likeness (QED) is 0.942. The number of imidazole rings is 1. The molecule has 1 aromatic heterocycles. The molecule has 0 aliphatic heterocycles. The Labute approximate surface area is 115 Å². The van der Waals surface area contributed by atoms with Gasteiger partial charge in [-0.25, -0.2) is 4.98 Å². The molecule has 1 unspecified atom stereocenters. The number of aryl methyl sites for hydroxylation is 1. The number of nitrogens with zero attached hydrogens (tertiary/aromatic N) is 2. The van der Waals surface area contributed by atoms with Crippen LogP contribution in [0.2, 0.25) is 0 Å². The standard InChI is InChI=1S/C13H16BrN3O/c1-17-6-5-16-13(17)11(8-15)10-7-9(14)3-4-12(10)18-2/h3-7,11H,8,15H2,1-2H3. The molecular weight excluding hydrogens is 294 g/mol. The minimum Gasteiger partial charge on any atom is -0.496 e. The Morgan fingerprint density at radius 3 is 2.83 bits per heavy atom. The fourth-order valence-corrected chi connectivity index (χ4v) is 2.44. The Hall–Kier alpha value is -1.33. The van der Waals surface area contributed by atoms with Gasteiger partial charge in [0.15, 0.2) is 0 Å². The molecule has 0 bridgehead atoms. The zero-order valence-electron chi connectivity index (χ0n) is 10.4. The molecule has 0 fully saturated rings. The van der Waals surface area contributed by atoms with Crippen molar-refractivity contribution in [1.82, 2.24) is 9.55 Å². The first-order chi connectivity index (χ1) is 8.67. The van der Waals surface area contributed by atoms with E-state index in [1.54, 1.807) is 13.3 Å². The lowest BCUT2D eigenvalue weighted by atomic mass is 9.97. The number of ether oxygens (including phenoxy) is 1. The summed E-state index contributed by atoms with van der Waals surface area (Å²) in [6, 6.07) is 5.92. The maximum Gasteiger partial charge on any atom is 0.122 e. The third-order valence-electron chi connectivity index (χ3n) is 2.97. The van der Waals surface area contributed by atoms with Crippen molar-refractivity contribution in [1.29, 1.82) is 0 Å². The summed E-state index contributed by atoms with van der Waals surface area (Å²) in [5, 5.41) is 0. The van der Waals surface area contributed by atoms with E-state index in [-0.39, 0.29) is 5.92 Å². The molecule has 18 heavy (non-hydrogen) atoms. The molecular formula is C13H16BrN3O. The summed E-state index contributed by atoms with van der Waals surface area (Å²) < 4.78 is 8.40. The van der Waals surface area contributed by atoms with Gasteiger partial charge in [0.05, 0.1) is 13.0 Å². The largest absolute Gasteiger partial charge is 0.496 e. The first kappa shape index (κ1) is 13.1. The van der Waals surface area contributed by atoms with Gasteiger partial charge in [0.25, 0.3) is 0 Å². The van der Waals surface area contributed by atoms with E-state index >= 15 is 0 Å². The van der Waals surface area contributed by atoms with Crippen molar-refractivity contribution in [3.8, 4) is 5.75 Å². The number of benzene rings is 1. The molecule has 1 atom stereocenters. The van der Waals surface area contributed by atoms with Gasteiger partial charge < -0.3 is 15.0 Å². The molecule has 0 saturated heterocycles. The second-order valence-electron chi connectivity index (χ2n) is 4.07. The molecule has 2 N–H and O–H groups in total. The van der Waals surface area contributed by atoms with E-state index < -0.39 is 0 Å². The molecule has 0 amide bonds. The summed E-state index contributed by atoms with van der Waals surface area (Å²) in [4.78, 5) is 4.38. The van der Waals surface area contributed by atoms with Crippen LogP contribution in [0.15, 0.2) is 35.1 Å². The van der Waals surface area contributed by atoms with Crippen molar-refractivity contribution >= 4 is 15.9 Å². The van der Waals surface area contributed by atoms with Crippen molar-refractivity contribution in [3.63, 3.8) is 0 Å². The Kier molecular flexibility index (Phi) is 4.04. The highest BCUT2D eigenvalue weighted by Crippen LogP contribution is 2.32. The topological polar surface area (TPSA) is 53.1 Å². The van der Waals surface area contributed by atoms with Crippen LogP contribution in [0.3, 0.4) is 0 Å². The summed E-state index contributed by atoms with van der Waals surface area (Å²) in [6.07, 6.45) is 3.70. The maximum atomic E-state index is 5.91. The molecule has 2 rings (SSSR count). The normalized spacial score (nSPS) is 12.4. The fourth-order valence-electron chi connectivity index (χ4n) is 2.06. The van der Waals surface area contributed by atoms with Crippen molar-refractivity contribution < 1.29 is 4.74 Å². The van der Waals surface area contributed by atoms with Gasteiger partial charge in [0.2, 0.25) is 0 Å². The summed E-state index contributed by atoms with van der Waals surface area (Å²) in [5.74, 6) is 1.79. The van der Waals surface area contributed by atoms with E-state index in [1.165, 1.54) is 0 Å². The van der Waals surface area contributed by atoms with Gasteiger partial charge in [-0.2, -0.15) is 0 Å². The van der Waals surface area contributed by atoms with E-state index in [1.807, 2.05) is 36.0 Å². The molecule has 96 valence electrons. The van der Waals surface area contributed by atoms with Crippen molar-refractivity contribution in [3.05, 3.63) is 46.5 Å². The van der Waals surface area contributed by atoms with E-state index in [0.717, 1.165) is 21.6 Å². The molecule has 4 nitrogen and oxygen atoms in total. The highest BCUT2D eigenvalue weighted by atomic mass is 79.9. The minimum atomic E-state index is 0.0254. The van der Waals surface area contributed by atoms with Gasteiger partial charge in [-0.3, -0.25) is 0 Å². The predicted molar refractivity (Wildman–Crippen MR) is 74.8 cm³/mol. The Morgan fingerprint density at radius 1 is 1.50 bits per heavy atom. The highest BCUT2D eigenvalue weighted by molar-refractivity contribution is 9.10. The van der Waals surface area contributed by atoms with Crippen LogP contribution in [0.1, 0.15) is 17.3 Å². The van der Waals surface area contributed by atoms with E-state index in [9.17, 15) is 0 Å². The van der Waals surface area contributed by atoms with Gasteiger partial charge in [-0.1, -0.05) is 15.9 Å². The Bertz CT molecular complexity index is 539. The molecule has 5 heteroatoms. The highest BCUT2D eigenvalue weighted by Gasteiger charge is 2.20. The predicted octanol–water partition coefficient (Wildman–Crippen LogP) is 2.28. The van der Waals surface area contributed by atoms with Crippen LogP contribution in [0, 0.1) is 0 Å². The summed E-state index contributed by atoms with van der Waals surface area (Å²) in [6.45, 7) is 0.484.